The zero-order chi connectivity index (χ0) is 31.0. The van der Waals surface area contributed by atoms with Gasteiger partial charge in [-0.2, -0.15) is 0 Å². The summed E-state index contributed by atoms with van der Waals surface area (Å²) < 4.78 is 17.6. The molecule has 8 fully saturated rings. The zero-order valence-electron chi connectivity index (χ0n) is 27.5. The minimum Gasteiger partial charge on any atom is -0.460 e. The van der Waals surface area contributed by atoms with Crippen molar-refractivity contribution in [1.82, 2.24) is 0 Å². The Hall–Kier alpha value is -1.92. The lowest BCUT2D eigenvalue weighted by atomic mass is 9.58. The number of ether oxygens (including phenoxy) is 3. The van der Waals surface area contributed by atoms with Crippen molar-refractivity contribution < 1.29 is 33.4 Å². The summed E-state index contributed by atoms with van der Waals surface area (Å²) in [4.78, 5) is 53.5. The number of esters is 4. The highest BCUT2D eigenvalue weighted by molar-refractivity contribution is 5.97. The molecule has 6 bridgehead atoms. The molecule has 7 saturated carbocycles. The van der Waals surface area contributed by atoms with Gasteiger partial charge in [-0.25, -0.2) is 0 Å². The molecule has 8 rings (SSSR count). The first-order valence-electron chi connectivity index (χ1n) is 18.0. The van der Waals surface area contributed by atoms with E-state index in [1.165, 1.54) is 25.7 Å². The van der Waals surface area contributed by atoms with Crippen LogP contribution in [-0.4, -0.2) is 35.1 Å². The molecule has 17 atom stereocenters. The summed E-state index contributed by atoms with van der Waals surface area (Å²) >= 11 is 0. The van der Waals surface area contributed by atoms with E-state index < -0.39 is 40.9 Å². The van der Waals surface area contributed by atoms with Crippen molar-refractivity contribution in [3.8, 4) is 0 Å². The molecule has 50 heavy (non-hydrogen) atoms. The van der Waals surface area contributed by atoms with E-state index in [2.05, 4.69) is 13.8 Å². The van der Waals surface area contributed by atoms with Gasteiger partial charge in [0.15, 0.2) is 0 Å². The summed E-state index contributed by atoms with van der Waals surface area (Å²) in [5.41, 5.74) is -0.912. The largest absolute Gasteiger partial charge is 0.460 e. The highest BCUT2D eigenvalue weighted by Gasteiger charge is 2.70. The fraction of sp³-hybridized carbons (Fsp3) is 0.907. The summed E-state index contributed by atoms with van der Waals surface area (Å²) in [6, 6.07) is 0. The monoisotopic (exact) mass is 705 g/mol. The normalized spacial score (nSPS) is 45.7. The molecule has 1 saturated heterocycles. The number of carbonyl (C=O) groups excluding carboxylic acids is 4. The van der Waals surface area contributed by atoms with E-state index in [-0.39, 0.29) is 68.3 Å². The van der Waals surface area contributed by atoms with Crippen molar-refractivity contribution in [3.05, 3.63) is 0 Å². The van der Waals surface area contributed by atoms with Gasteiger partial charge in [0.1, 0.15) is 11.2 Å². The molecule has 7 heteroatoms. The second kappa shape index (κ2) is 14.8. The molecule has 17 unspecified atom stereocenters. The molecule has 1 heterocycles. The van der Waals surface area contributed by atoms with Crippen molar-refractivity contribution in [2.75, 3.05) is 0 Å². The van der Waals surface area contributed by atoms with Crippen LogP contribution in [0.25, 0.3) is 0 Å². The highest BCUT2D eigenvalue weighted by Crippen LogP contribution is 2.73. The van der Waals surface area contributed by atoms with Gasteiger partial charge in [-0.05, 0) is 144 Å². The molecule has 7 nitrogen and oxygen atoms in total. The van der Waals surface area contributed by atoms with Crippen LogP contribution in [0.1, 0.15) is 144 Å². The number of hydrogen-bond acceptors (Lipinski definition) is 7. The van der Waals surface area contributed by atoms with Crippen LogP contribution in [0.2, 0.25) is 0 Å². The highest BCUT2D eigenvalue weighted by atomic mass is 16.6. The minimum atomic E-state index is -0.609. The van der Waals surface area contributed by atoms with Crippen LogP contribution in [0.5, 0.6) is 0 Å². The summed E-state index contributed by atoms with van der Waals surface area (Å²) in [5, 5.41) is 0. The molecule has 0 spiro atoms. The zero-order valence-corrected chi connectivity index (χ0v) is 27.5. The molecule has 0 aromatic rings. The van der Waals surface area contributed by atoms with Gasteiger partial charge in [0, 0.05) is 5.92 Å². The number of rotatable bonds is 6. The number of cyclic esters (lactones) is 2. The third-order valence-electron chi connectivity index (χ3n) is 14.9. The van der Waals surface area contributed by atoms with E-state index in [9.17, 15) is 19.2 Å². The third-order valence-corrected chi connectivity index (χ3v) is 14.9. The Labute approximate surface area is 306 Å². The van der Waals surface area contributed by atoms with Crippen LogP contribution >= 0.6 is 0 Å². The van der Waals surface area contributed by atoms with Crippen molar-refractivity contribution >= 4 is 23.9 Å². The lowest BCUT2D eigenvalue weighted by molar-refractivity contribution is -0.172. The van der Waals surface area contributed by atoms with Crippen molar-refractivity contribution in [3.63, 3.8) is 0 Å². The minimum absolute atomic E-state index is 0. The van der Waals surface area contributed by atoms with E-state index in [1.54, 1.807) is 0 Å². The first-order valence-corrected chi connectivity index (χ1v) is 18.0. The molecule has 0 aromatic heterocycles. The molecule has 0 radical (unpaired) electrons. The van der Waals surface area contributed by atoms with Crippen molar-refractivity contribution in [2.45, 2.75) is 155 Å². The lowest BCUT2D eigenvalue weighted by Crippen LogP contribution is -2.46. The first kappa shape index (κ1) is 44.2. The van der Waals surface area contributed by atoms with Crippen LogP contribution in [-0.2, 0) is 33.4 Å². The van der Waals surface area contributed by atoms with Gasteiger partial charge in [-0.1, -0.05) is 64.8 Å². The van der Waals surface area contributed by atoms with E-state index >= 15 is 0 Å². The number of hydrogen-bond donors (Lipinski definition) is 0. The molecule has 7 aliphatic carbocycles. The Morgan fingerprint density at radius 2 is 1.48 bits per heavy atom. The molecular formula is C43H76O7. The van der Waals surface area contributed by atoms with Crippen LogP contribution in [0.4, 0.5) is 0 Å². The summed E-state index contributed by atoms with van der Waals surface area (Å²) in [6.07, 6.45) is 9.40. The molecule has 1 aliphatic heterocycles. The number of fused-ring (bicyclic) bond motifs is 14. The van der Waals surface area contributed by atoms with E-state index in [0.717, 1.165) is 31.6 Å². The summed E-state index contributed by atoms with van der Waals surface area (Å²) in [6.45, 7) is 12.1. The van der Waals surface area contributed by atoms with Crippen molar-refractivity contribution in [2.24, 2.45) is 94.7 Å². The maximum atomic E-state index is 13.6. The Morgan fingerprint density at radius 1 is 0.820 bits per heavy atom. The summed E-state index contributed by atoms with van der Waals surface area (Å²) in [7, 11) is 0. The molecule has 0 N–H and O–H groups in total. The fourth-order valence-electron chi connectivity index (χ4n) is 13.7. The molecule has 290 valence electrons. The Morgan fingerprint density at radius 3 is 2.14 bits per heavy atom. The van der Waals surface area contributed by atoms with Gasteiger partial charge >= 0.3 is 23.9 Å². The van der Waals surface area contributed by atoms with Crippen molar-refractivity contribution in [1.29, 1.82) is 0 Å². The van der Waals surface area contributed by atoms with Crippen LogP contribution in [0.15, 0.2) is 0 Å². The van der Waals surface area contributed by atoms with E-state index in [4.69, 9.17) is 14.2 Å². The Bertz CT molecular complexity index is 1270. The van der Waals surface area contributed by atoms with Gasteiger partial charge in [0.05, 0.1) is 23.7 Å². The first-order chi connectivity index (χ1) is 20.8. The maximum Gasteiger partial charge on any atom is 0.317 e. The van der Waals surface area contributed by atoms with Gasteiger partial charge in [-0.15, -0.1) is 0 Å². The maximum absolute atomic E-state index is 13.6. The number of carbonyl (C=O) groups is 4. The standard InChI is InChI=1S/C37H52O7.6CH4/c1-16(32(38)44-37(6)15-19-13-27(37)21-9-7-8-20(19)21)10-26-31(35(41)42-33(26)39)28-17(2)22-14-25(28)30-23-11-18(29(22)30)12-24(23)34(40)43-36(3,4)5;;;;;;/h16-31H,7-15H2,1-6H3;6*1H4. The molecule has 0 aromatic carbocycles. The lowest BCUT2D eigenvalue weighted by Gasteiger charge is -2.46. The topological polar surface area (TPSA) is 96.0 Å². The smallest absolute Gasteiger partial charge is 0.317 e. The second-order valence-corrected chi connectivity index (χ2v) is 18.0. The average molecular weight is 705 g/mol. The van der Waals surface area contributed by atoms with Crippen LogP contribution in [0.3, 0.4) is 0 Å². The third kappa shape index (κ3) is 6.39. The predicted octanol–water partition coefficient (Wildman–Crippen LogP) is 10.0. The Balaban J connectivity index is 0.00000144. The fourth-order valence-corrected chi connectivity index (χ4v) is 13.7. The second-order valence-electron chi connectivity index (χ2n) is 18.0. The predicted molar refractivity (Wildman–Crippen MR) is 201 cm³/mol. The summed E-state index contributed by atoms with van der Waals surface area (Å²) in [5.74, 6) is 2.88. The quantitative estimate of drug-likeness (QED) is 0.118. The molecular weight excluding hydrogens is 628 g/mol. The van der Waals surface area contributed by atoms with E-state index in [1.807, 2.05) is 27.7 Å². The SMILES string of the molecule is C.C.C.C.C.C.CC(CC1C(=O)OC(=O)C1C1C(C)C2CC1C1C3CC(CC3C(=O)OC(C)(C)C)C21)C(=O)OC1(C)CC2CC1C1CCCC21. The van der Waals surface area contributed by atoms with Crippen LogP contribution < -0.4 is 0 Å². The molecule has 0 amide bonds. The van der Waals surface area contributed by atoms with Gasteiger partial charge in [0.2, 0.25) is 0 Å². The van der Waals surface area contributed by atoms with E-state index in [0.29, 0.717) is 65.6 Å². The molecule has 8 aliphatic rings. The van der Waals surface area contributed by atoms with Gasteiger partial charge < -0.3 is 14.2 Å². The van der Waals surface area contributed by atoms with Crippen LogP contribution in [0, 0.1) is 94.7 Å². The van der Waals surface area contributed by atoms with Gasteiger partial charge in [-0.3, -0.25) is 19.2 Å². The average Bonchev–Trinajstić information content (AvgIpc) is 3.76. The Kier molecular flexibility index (Phi) is 13.1. The van der Waals surface area contributed by atoms with Gasteiger partial charge in [0.25, 0.3) is 0 Å².